The van der Waals surface area contributed by atoms with Gasteiger partial charge in [0.15, 0.2) is 5.16 Å². The summed E-state index contributed by atoms with van der Waals surface area (Å²) in [5.74, 6) is 0.00277. The summed E-state index contributed by atoms with van der Waals surface area (Å²) in [5, 5.41) is 0.598. The van der Waals surface area contributed by atoms with E-state index in [0.717, 1.165) is 23.4 Å². The summed E-state index contributed by atoms with van der Waals surface area (Å²) in [6, 6.07) is 0. The highest BCUT2D eigenvalue weighted by Crippen LogP contribution is 2.19. The van der Waals surface area contributed by atoms with E-state index in [0.29, 0.717) is 18.1 Å². The maximum absolute atomic E-state index is 11.9. The van der Waals surface area contributed by atoms with Crippen LogP contribution >= 0.6 is 11.8 Å². The number of hydrogen-bond donors (Lipinski definition) is 0. The number of nitrogens with zero attached hydrogens (tertiary/aromatic N) is 3. The maximum atomic E-state index is 11.9. The van der Waals surface area contributed by atoms with E-state index in [1.54, 1.807) is 0 Å². The van der Waals surface area contributed by atoms with Crippen LogP contribution in [0.1, 0.15) is 29.8 Å². The molecule has 1 aromatic heterocycles. The third-order valence-electron chi connectivity index (χ3n) is 3.31. The molecule has 19 heavy (non-hydrogen) atoms. The molecule has 6 heteroatoms. The highest BCUT2D eigenvalue weighted by molar-refractivity contribution is 7.99. The largest absolute Gasteiger partial charge is 0.282 e. The van der Waals surface area contributed by atoms with Crippen LogP contribution in [0.3, 0.4) is 0 Å². The Hall–Kier alpha value is -1.43. The lowest BCUT2D eigenvalue weighted by molar-refractivity contribution is -0.140. The highest BCUT2D eigenvalue weighted by Gasteiger charge is 2.26. The minimum Gasteiger partial charge on any atom is -0.282 e. The zero-order valence-corrected chi connectivity index (χ0v) is 12.2. The lowest BCUT2D eigenvalue weighted by Crippen LogP contribution is -2.33. The van der Waals surface area contributed by atoms with E-state index in [2.05, 4.69) is 9.97 Å². The summed E-state index contributed by atoms with van der Waals surface area (Å²) in [6.07, 6.45) is 1.25. The van der Waals surface area contributed by atoms with Gasteiger partial charge in [0.25, 0.3) is 0 Å². The Morgan fingerprint density at radius 2 is 1.89 bits per heavy atom. The molecule has 5 nitrogen and oxygen atoms in total. The minimum atomic E-state index is -0.146. The number of amides is 2. The smallest absolute Gasteiger partial charge is 0.239 e. The topological polar surface area (TPSA) is 63.2 Å². The van der Waals surface area contributed by atoms with Gasteiger partial charge in [-0.2, -0.15) is 0 Å². The molecule has 0 atom stereocenters. The normalized spacial score (nSPS) is 15.1. The molecule has 0 radical (unpaired) electrons. The van der Waals surface area contributed by atoms with Crippen LogP contribution in [0.4, 0.5) is 0 Å². The molecule has 1 aliphatic heterocycles. The van der Waals surface area contributed by atoms with E-state index < -0.39 is 0 Å². The van der Waals surface area contributed by atoms with Crippen molar-refractivity contribution in [3.05, 3.63) is 17.0 Å². The number of carbonyl (C=O) groups is 2. The first-order chi connectivity index (χ1) is 8.99. The molecule has 0 N–H and O–H groups in total. The second kappa shape index (κ2) is 5.69. The lowest BCUT2D eigenvalue weighted by atomic mass is 10.2. The van der Waals surface area contributed by atoms with Crippen molar-refractivity contribution in [1.29, 1.82) is 0 Å². The van der Waals surface area contributed by atoms with Crippen LogP contribution in [0.2, 0.25) is 0 Å². The molecule has 0 aromatic carbocycles. The molecule has 1 aliphatic rings. The third kappa shape index (κ3) is 3.12. The van der Waals surface area contributed by atoms with Gasteiger partial charge in [0.2, 0.25) is 11.8 Å². The number of rotatable bonds is 3. The molecule has 0 unspecified atom stereocenters. The first-order valence-electron chi connectivity index (χ1n) is 6.27. The Morgan fingerprint density at radius 3 is 2.42 bits per heavy atom. The van der Waals surface area contributed by atoms with Crippen molar-refractivity contribution >= 4 is 23.6 Å². The fourth-order valence-electron chi connectivity index (χ4n) is 1.92. The molecule has 0 aliphatic carbocycles. The van der Waals surface area contributed by atoms with Crippen molar-refractivity contribution < 1.29 is 9.59 Å². The third-order valence-corrected chi connectivity index (χ3v) is 4.14. The van der Waals surface area contributed by atoms with Crippen molar-refractivity contribution in [2.75, 3.05) is 12.3 Å². The standard InChI is InChI=1S/C13H17N3O2S/c1-8-9(2)14-13(15-10(8)3)19-7-12(18)16-6-4-5-11(16)17/h4-7H2,1-3H3. The fourth-order valence-corrected chi connectivity index (χ4v) is 2.73. The summed E-state index contributed by atoms with van der Waals surface area (Å²) in [4.78, 5) is 33.4. The van der Waals surface area contributed by atoms with Gasteiger partial charge in [0, 0.05) is 24.4 Å². The van der Waals surface area contributed by atoms with Gasteiger partial charge in [-0.1, -0.05) is 11.8 Å². The number of hydrogen-bond acceptors (Lipinski definition) is 5. The molecule has 0 bridgehead atoms. The number of thioether (sulfide) groups is 1. The highest BCUT2D eigenvalue weighted by atomic mass is 32.2. The van der Waals surface area contributed by atoms with E-state index in [1.165, 1.54) is 16.7 Å². The number of carbonyl (C=O) groups excluding carboxylic acids is 2. The van der Waals surface area contributed by atoms with Gasteiger partial charge in [-0.3, -0.25) is 14.5 Å². The van der Waals surface area contributed by atoms with Crippen LogP contribution in [-0.4, -0.2) is 39.0 Å². The van der Waals surface area contributed by atoms with Gasteiger partial charge in [-0.15, -0.1) is 0 Å². The summed E-state index contributed by atoms with van der Waals surface area (Å²) >= 11 is 1.29. The Balaban J connectivity index is 1.99. The molecular weight excluding hydrogens is 262 g/mol. The first-order valence-corrected chi connectivity index (χ1v) is 7.25. The summed E-state index contributed by atoms with van der Waals surface area (Å²) in [5.41, 5.74) is 2.93. The van der Waals surface area contributed by atoms with Gasteiger partial charge >= 0.3 is 0 Å². The van der Waals surface area contributed by atoms with Crippen molar-refractivity contribution in [2.45, 2.75) is 38.8 Å². The Kier molecular flexibility index (Phi) is 4.19. The average molecular weight is 279 g/mol. The summed E-state index contributed by atoms with van der Waals surface area (Å²) in [6.45, 7) is 6.39. The lowest BCUT2D eigenvalue weighted by Gasteiger charge is -2.13. The van der Waals surface area contributed by atoms with Crippen LogP contribution in [-0.2, 0) is 9.59 Å². The molecule has 0 spiro atoms. The number of aromatic nitrogens is 2. The van der Waals surface area contributed by atoms with Gasteiger partial charge in [-0.25, -0.2) is 9.97 Å². The molecule has 1 saturated heterocycles. The predicted octanol–water partition coefficient (Wildman–Crippen LogP) is 1.64. The van der Waals surface area contributed by atoms with E-state index in [-0.39, 0.29) is 17.6 Å². The Labute approximate surface area is 116 Å². The van der Waals surface area contributed by atoms with Gasteiger partial charge in [-0.05, 0) is 32.8 Å². The van der Waals surface area contributed by atoms with E-state index in [9.17, 15) is 9.59 Å². The zero-order valence-electron chi connectivity index (χ0n) is 11.4. The van der Waals surface area contributed by atoms with E-state index in [4.69, 9.17) is 0 Å². The molecule has 2 amide bonds. The molecule has 2 heterocycles. The molecule has 1 fully saturated rings. The number of aryl methyl sites for hydroxylation is 2. The average Bonchev–Trinajstić information content (AvgIpc) is 2.79. The quantitative estimate of drug-likeness (QED) is 0.622. The zero-order chi connectivity index (χ0) is 14.0. The first kappa shape index (κ1) is 14.0. The fraction of sp³-hybridized carbons (Fsp3) is 0.538. The van der Waals surface area contributed by atoms with Crippen LogP contribution in [0.25, 0.3) is 0 Å². The molecule has 2 rings (SSSR count). The van der Waals surface area contributed by atoms with Crippen molar-refractivity contribution in [1.82, 2.24) is 14.9 Å². The minimum absolute atomic E-state index is 0.0669. The SMILES string of the molecule is Cc1nc(SCC(=O)N2CCCC2=O)nc(C)c1C. The van der Waals surface area contributed by atoms with Crippen LogP contribution < -0.4 is 0 Å². The molecule has 0 saturated carbocycles. The van der Waals surface area contributed by atoms with Gasteiger partial charge in [0.1, 0.15) is 0 Å². The summed E-state index contributed by atoms with van der Waals surface area (Å²) in [7, 11) is 0. The number of imide groups is 1. The van der Waals surface area contributed by atoms with Crippen LogP contribution in [0.5, 0.6) is 0 Å². The van der Waals surface area contributed by atoms with Gasteiger partial charge < -0.3 is 0 Å². The van der Waals surface area contributed by atoms with Crippen LogP contribution in [0, 0.1) is 20.8 Å². The van der Waals surface area contributed by atoms with E-state index >= 15 is 0 Å². The maximum Gasteiger partial charge on any atom is 0.239 e. The summed E-state index contributed by atoms with van der Waals surface area (Å²) < 4.78 is 0. The Morgan fingerprint density at radius 1 is 1.26 bits per heavy atom. The Bertz CT molecular complexity index is 508. The number of likely N-dealkylation sites (tertiary alicyclic amines) is 1. The van der Waals surface area contributed by atoms with Crippen molar-refractivity contribution in [2.24, 2.45) is 0 Å². The molecule has 102 valence electrons. The van der Waals surface area contributed by atoms with Gasteiger partial charge in [0.05, 0.1) is 5.75 Å². The monoisotopic (exact) mass is 279 g/mol. The van der Waals surface area contributed by atoms with Crippen molar-refractivity contribution in [3.8, 4) is 0 Å². The molecule has 1 aromatic rings. The second-order valence-corrected chi connectivity index (χ2v) is 5.58. The van der Waals surface area contributed by atoms with Crippen molar-refractivity contribution in [3.63, 3.8) is 0 Å². The predicted molar refractivity (Wildman–Crippen MR) is 72.9 cm³/mol. The second-order valence-electron chi connectivity index (χ2n) is 4.63. The van der Waals surface area contributed by atoms with Crippen LogP contribution in [0.15, 0.2) is 5.16 Å². The molecular formula is C13H17N3O2S. The van der Waals surface area contributed by atoms with E-state index in [1.807, 2.05) is 20.8 Å².